The van der Waals surface area contributed by atoms with E-state index in [0.29, 0.717) is 12.0 Å². The molecule has 0 aliphatic carbocycles. The summed E-state index contributed by atoms with van der Waals surface area (Å²) in [5.74, 6) is 1.48. The molecule has 0 aromatic heterocycles. The van der Waals surface area contributed by atoms with Gasteiger partial charge in [-0.3, -0.25) is 0 Å². The first kappa shape index (κ1) is 9.72. The monoisotopic (exact) mass is 189 g/mol. The van der Waals surface area contributed by atoms with Gasteiger partial charge in [-0.05, 0) is 31.4 Å². The fraction of sp³-hybridized carbons (Fsp3) is 0.538. The summed E-state index contributed by atoms with van der Waals surface area (Å²) in [6.45, 7) is 5.84. The Labute approximate surface area is 86.5 Å². The fourth-order valence-corrected chi connectivity index (χ4v) is 2.63. The molecule has 0 radical (unpaired) electrons. The van der Waals surface area contributed by atoms with Crippen molar-refractivity contribution in [3.63, 3.8) is 0 Å². The Hall–Kier alpha value is -0.820. The van der Waals surface area contributed by atoms with Crippen LogP contribution in [0.3, 0.4) is 0 Å². The van der Waals surface area contributed by atoms with Gasteiger partial charge in [0.05, 0.1) is 0 Å². The Balaban J connectivity index is 2.23. The van der Waals surface area contributed by atoms with Crippen LogP contribution in [0.1, 0.15) is 31.7 Å². The zero-order chi connectivity index (χ0) is 9.97. The molecule has 0 amide bonds. The molecule has 0 bridgehead atoms. The van der Waals surface area contributed by atoms with Gasteiger partial charge in [-0.25, -0.2) is 0 Å². The van der Waals surface area contributed by atoms with Crippen molar-refractivity contribution >= 4 is 0 Å². The van der Waals surface area contributed by atoms with Crippen LogP contribution < -0.4 is 5.32 Å². The summed E-state index contributed by atoms with van der Waals surface area (Å²) in [6.07, 6.45) is 1.30. The van der Waals surface area contributed by atoms with E-state index < -0.39 is 0 Å². The molecule has 1 heteroatoms. The maximum absolute atomic E-state index is 3.56. The summed E-state index contributed by atoms with van der Waals surface area (Å²) in [6, 6.07) is 11.5. The standard InChI is InChI=1S/C13H19N/c1-10-8-9-14-11(2)13(10)12-6-4-3-5-7-12/h3-7,10-11,13-14H,8-9H2,1-2H3/t10-,11+,13-/m1/s1. The molecule has 1 aromatic carbocycles. The van der Waals surface area contributed by atoms with Crippen LogP contribution >= 0.6 is 0 Å². The second kappa shape index (κ2) is 4.14. The molecule has 1 nitrogen and oxygen atoms in total. The molecule has 76 valence electrons. The van der Waals surface area contributed by atoms with Gasteiger partial charge in [0, 0.05) is 12.0 Å². The Bertz CT molecular complexity index is 271. The molecule has 1 fully saturated rings. The van der Waals surface area contributed by atoms with E-state index in [1.54, 1.807) is 0 Å². The van der Waals surface area contributed by atoms with Gasteiger partial charge in [0.15, 0.2) is 0 Å². The van der Waals surface area contributed by atoms with Crippen LogP contribution in [0.2, 0.25) is 0 Å². The van der Waals surface area contributed by atoms with Gasteiger partial charge in [0.25, 0.3) is 0 Å². The van der Waals surface area contributed by atoms with Crippen LogP contribution in [0.15, 0.2) is 30.3 Å². The van der Waals surface area contributed by atoms with Gasteiger partial charge in [-0.2, -0.15) is 0 Å². The van der Waals surface area contributed by atoms with Crippen molar-refractivity contribution in [2.45, 2.75) is 32.2 Å². The highest BCUT2D eigenvalue weighted by Crippen LogP contribution is 2.32. The van der Waals surface area contributed by atoms with Crippen LogP contribution in [-0.4, -0.2) is 12.6 Å². The summed E-state index contributed by atoms with van der Waals surface area (Å²) in [5.41, 5.74) is 1.49. The van der Waals surface area contributed by atoms with Crippen LogP contribution in [0.25, 0.3) is 0 Å². The number of piperidine rings is 1. The fourth-order valence-electron chi connectivity index (χ4n) is 2.63. The van der Waals surface area contributed by atoms with E-state index in [1.807, 2.05) is 0 Å². The first-order valence-corrected chi connectivity index (χ1v) is 5.57. The minimum absolute atomic E-state index is 0.612. The van der Waals surface area contributed by atoms with E-state index in [0.717, 1.165) is 5.92 Å². The molecular weight excluding hydrogens is 170 g/mol. The molecule has 0 unspecified atom stereocenters. The molecule has 1 aromatic rings. The number of rotatable bonds is 1. The van der Waals surface area contributed by atoms with Gasteiger partial charge >= 0.3 is 0 Å². The molecule has 1 saturated heterocycles. The van der Waals surface area contributed by atoms with Crippen LogP contribution in [0.4, 0.5) is 0 Å². The third kappa shape index (κ3) is 1.83. The number of nitrogens with one attached hydrogen (secondary N) is 1. The Morgan fingerprint density at radius 2 is 1.86 bits per heavy atom. The zero-order valence-electron chi connectivity index (χ0n) is 9.03. The second-order valence-electron chi connectivity index (χ2n) is 4.45. The van der Waals surface area contributed by atoms with Gasteiger partial charge in [-0.15, -0.1) is 0 Å². The van der Waals surface area contributed by atoms with Gasteiger partial charge in [0.2, 0.25) is 0 Å². The average Bonchev–Trinajstić information content (AvgIpc) is 2.19. The predicted molar refractivity (Wildman–Crippen MR) is 60.4 cm³/mol. The SMILES string of the molecule is C[C@@H]1CCN[C@@H](C)[C@@H]1c1ccccc1. The molecule has 0 saturated carbocycles. The van der Waals surface area contributed by atoms with Crippen LogP contribution in [-0.2, 0) is 0 Å². The van der Waals surface area contributed by atoms with Crippen molar-refractivity contribution in [1.29, 1.82) is 0 Å². The summed E-state index contributed by atoms with van der Waals surface area (Å²) < 4.78 is 0. The first-order chi connectivity index (χ1) is 6.79. The summed E-state index contributed by atoms with van der Waals surface area (Å²) in [5, 5.41) is 3.56. The lowest BCUT2D eigenvalue weighted by Gasteiger charge is -2.35. The number of hydrogen-bond acceptors (Lipinski definition) is 1. The van der Waals surface area contributed by atoms with Crippen molar-refractivity contribution < 1.29 is 0 Å². The molecule has 1 heterocycles. The van der Waals surface area contributed by atoms with Gasteiger partial charge in [-0.1, -0.05) is 37.3 Å². The normalized spacial score (nSPS) is 32.9. The lowest BCUT2D eigenvalue weighted by atomic mass is 9.78. The minimum atomic E-state index is 0.612. The summed E-state index contributed by atoms with van der Waals surface area (Å²) in [7, 11) is 0. The second-order valence-corrected chi connectivity index (χ2v) is 4.45. The molecule has 2 rings (SSSR count). The van der Waals surface area contributed by atoms with E-state index in [1.165, 1.54) is 18.5 Å². The number of benzene rings is 1. The molecule has 1 N–H and O–H groups in total. The third-order valence-corrected chi connectivity index (χ3v) is 3.40. The van der Waals surface area contributed by atoms with Crippen molar-refractivity contribution in [2.75, 3.05) is 6.54 Å². The molecule has 0 spiro atoms. The molecule has 14 heavy (non-hydrogen) atoms. The van der Waals surface area contributed by atoms with Crippen LogP contribution in [0, 0.1) is 5.92 Å². The average molecular weight is 189 g/mol. The first-order valence-electron chi connectivity index (χ1n) is 5.57. The Morgan fingerprint density at radius 3 is 2.50 bits per heavy atom. The summed E-state index contributed by atoms with van der Waals surface area (Å²) >= 11 is 0. The highest BCUT2D eigenvalue weighted by Gasteiger charge is 2.28. The highest BCUT2D eigenvalue weighted by atomic mass is 14.9. The van der Waals surface area contributed by atoms with Crippen molar-refractivity contribution in [3.05, 3.63) is 35.9 Å². The van der Waals surface area contributed by atoms with E-state index in [2.05, 4.69) is 49.5 Å². The quantitative estimate of drug-likeness (QED) is 0.716. The topological polar surface area (TPSA) is 12.0 Å². The van der Waals surface area contributed by atoms with Crippen LogP contribution in [0.5, 0.6) is 0 Å². The number of hydrogen-bond donors (Lipinski definition) is 1. The Morgan fingerprint density at radius 1 is 1.14 bits per heavy atom. The molecule has 1 aliphatic heterocycles. The van der Waals surface area contributed by atoms with E-state index in [-0.39, 0.29) is 0 Å². The molecule has 3 atom stereocenters. The predicted octanol–water partition coefficient (Wildman–Crippen LogP) is 2.79. The lowest BCUT2D eigenvalue weighted by Crippen LogP contribution is -2.41. The van der Waals surface area contributed by atoms with Crippen molar-refractivity contribution in [3.8, 4) is 0 Å². The minimum Gasteiger partial charge on any atom is -0.314 e. The largest absolute Gasteiger partial charge is 0.314 e. The highest BCUT2D eigenvalue weighted by molar-refractivity contribution is 5.22. The zero-order valence-corrected chi connectivity index (χ0v) is 9.03. The summed E-state index contributed by atoms with van der Waals surface area (Å²) in [4.78, 5) is 0. The van der Waals surface area contributed by atoms with E-state index in [9.17, 15) is 0 Å². The smallest absolute Gasteiger partial charge is 0.0110 e. The molecule has 1 aliphatic rings. The van der Waals surface area contributed by atoms with E-state index >= 15 is 0 Å². The van der Waals surface area contributed by atoms with Crippen molar-refractivity contribution in [1.82, 2.24) is 5.32 Å². The van der Waals surface area contributed by atoms with E-state index in [4.69, 9.17) is 0 Å². The third-order valence-electron chi connectivity index (χ3n) is 3.40. The molecular formula is C13H19N. The lowest BCUT2D eigenvalue weighted by molar-refractivity contribution is 0.284. The maximum Gasteiger partial charge on any atom is 0.0110 e. The van der Waals surface area contributed by atoms with Gasteiger partial charge in [0.1, 0.15) is 0 Å². The Kier molecular flexibility index (Phi) is 2.87. The van der Waals surface area contributed by atoms with Crippen molar-refractivity contribution in [2.24, 2.45) is 5.92 Å². The maximum atomic E-state index is 3.56. The van der Waals surface area contributed by atoms with Gasteiger partial charge < -0.3 is 5.32 Å².